The zero-order valence-corrected chi connectivity index (χ0v) is 9.69. The van der Waals surface area contributed by atoms with Gasteiger partial charge in [-0.2, -0.15) is 13.2 Å². The van der Waals surface area contributed by atoms with Gasteiger partial charge in [0, 0.05) is 24.4 Å². The van der Waals surface area contributed by atoms with E-state index in [0.717, 1.165) is 22.9 Å². The molecule has 3 nitrogen and oxygen atoms in total. The van der Waals surface area contributed by atoms with Crippen LogP contribution in [0.2, 0.25) is 0 Å². The summed E-state index contributed by atoms with van der Waals surface area (Å²) in [5, 5.41) is 9.30. The average Bonchev–Trinajstić information content (AvgIpc) is 2.53. The van der Waals surface area contributed by atoms with Crippen molar-refractivity contribution in [1.29, 1.82) is 0 Å². The fourth-order valence-corrected chi connectivity index (χ4v) is 1.62. The van der Waals surface area contributed by atoms with Crippen LogP contribution in [0.15, 0.2) is 53.2 Å². The molecular formula is C13H10F3NO2. The number of aromatic nitrogens is 1. The molecule has 0 radical (unpaired) electrons. The van der Waals surface area contributed by atoms with Crippen LogP contribution >= 0.6 is 0 Å². The summed E-state index contributed by atoms with van der Waals surface area (Å²) in [5.41, 5.74) is -1.21. The summed E-state index contributed by atoms with van der Waals surface area (Å²) in [4.78, 5) is 11.6. The van der Waals surface area contributed by atoms with Gasteiger partial charge in [0.15, 0.2) is 0 Å². The lowest BCUT2D eigenvalue weighted by molar-refractivity contribution is -0.137. The van der Waals surface area contributed by atoms with E-state index in [1.807, 2.05) is 0 Å². The maximum atomic E-state index is 12.6. The highest BCUT2D eigenvalue weighted by molar-refractivity contribution is 5.60. The Morgan fingerprint density at radius 1 is 1.21 bits per heavy atom. The van der Waals surface area contributed by atoms with Crippen molar-refractivity contribution in [2.45, 2.75) is 12.6 Å². The van der Waals surface area contributed by atoms with Crippen LogP contribution in [0.1, 0.15) is 12.0 Å². The monoisotopic (exact) mass is 269 g/mol. The number of aliphatic hydroxyl groups excluding tert-OH is 1. The van der Waals surface area contributed by atoms with Gasteiger partial charge in [-0.3, -0.25) is 9.36 Å². The minimum atomic E-state index is -4.51. The molecule has 0 aliphatic heterocycles. The van der Waals surface area contributed by atoms with Gasteiger partial charge in [0.1, 0.15) is 0 Å². The second kappa shape index (κ2) is 4.79. The van der Waals surface area contributed by atoms with Crippen molar-refractivity contribution in [1.82, 2.24) is 4.57 Å². The van der Waals surface area contributed by atoms with Crippen LogP contribution in [-0.2, 0) is 6.18 Å². The Hall–Kier alpha value is -2.24. The average molecular weight is 269 g/mol. The molecule has 1 heterocycles. The molecule has 1 aliphatic rings. The highest BCUT2D eigenvalue weighted by atomic mass is 19.4. The van der Waals surface area contributed by atoms with Gasteiger partial charge in [-0.1, -0.05) is 6.08 Å². The van der Waals surface area contributed by atoms with Gasteiger partial charge in [0.05, 0.1) is 11.3 Å². The predicted octanol–water partition coefficient (Wildman–Crippen LogP) is 3.11. The molecule has 0 amide bonds. The largest absolute Gasteiger partial charge is 0.512 e. The molecule has 0 aromatic carbocycles. The lowest BCUT2D eigenvalue weighted by Gasteiger charge is -2.10. The minimum Gasteiger partial charge on any atom is -0.512 e. The zero-order valence-electron chi connectivity index (χ0n) is 9.69. The second-order valence-electron chi connectivity index (χ2n) is 3.98. The minimum absolute atomic E-state index is 0.0753. The third-order valence-electron chi connectivity index (χ3n) is 2.58. The maximum absolute atomic E-state index is 12.6. The number of rotatable bonds is 1. The molecule has 0 unspecified atom stereocenters. The summed E-state index contributed by atoms with van der Waals surface area (Å²) in [7, 11) is 0. The van der Waals surface area contributed by atoms with Crippen molar-refractivity contribution in [2.75, 3.05) is 0 Å². The molecule has 0 fully saturated rings. The van der Waals surface area contributed by atoms with Crippen molar-refractivity contribution in [3.8, 4) is 0 Å². The highest BCUT2D eigenvalue weighted by Gasteiger charge is 2.31. The van der Waals surface area contributed by atoms with Gasteiger partial charge in [0.2, 0.25) is 0 Å². The molecule has 0 bridgehead atoms. The zero-order chi connectivity index (χ0) is 14.0. The molecule has 1 aromatic rings. The van der Waals surface area contributed by atoms with Crippen LogP contribution in [0.4, 0.5) is 13.2 Å². The van der Waals surface area contributed by atoms with Gasteiger partial charge < -0.3 is 5.11 Å². The van der Waals surface area contributed by atoms with Gasteiger partial charge in [0.25, 0.3) is 5.56 Å². The molecule has 1 aromatic heterocycles. The Morgan fingerprint density at radius 2 is 1.95 bits per heavy atom. The second-order valence-corrected chi connectivity index (χ2v) is 3.98. The molecule has 0 spiro atoms. The molecule has 0 saturated heterocycles. The molecule has 0 saturated carbocycles. The number of hydrogen-bond donors (Lipinski definition) is 1. The number of nitrogens with zero attached hydrogens (tertiary/aromatic N) is 1. The van der Waals surface area contributed by atoms with Crippen LogP contribution in [0.25, 0.3) is 5.70 Å². The van der Waals surface area contributed by atoms with Gasteiger partial charge in [-0.15, -0.1) is 0 Å². The third-order valence-corrected chi connectivity index (χ3v) is 2.58. The standard InChI is InChI=1S/C13H10F3NO2/c14-13(15,16)9-4-7-12(19)17(8-9)10-2-1-3-11(18)6-5-10/h1-2,4-8,18H,3H2. The summed E-state index contributed by atoms with van der Waals surface area (Å²) >= 11 is 0. The normalized spacial score (nSPS) is 15.7. The first-order valence-electron chi connectivity index (χ1n) is 5.44. The molecule has 100 valence electrons. The van der Waals surface area contributed by atoms with Crippen molar-refractivity contribution < 1.29 is 18.3 Å². The van der Waals surface area contributed by atoms with E-state index in [9.17, 15) is 23.1 Å². The van der Waals surface area contributed by atoms with Crippen molar-refractivity contribution in [3.63, 3.8) is 0 Å². The summed E-state index contributed by atoms with van der Waals surface area (Å²) in [6.07, 6.45) is 2.30. The van der Waals surface area contributed by atoms with E-state index >= 15 is 0 Å². The van der Waals surface area contributed by atoms with Crippen LogP contribution in [-0.4, -0.2) is 9.67 Å². The summed E-state index contributed by atoms with van der Waals surface area (Å²) < 4.78 is 38.7. The van der Waals surface area contributed by atoms with E-state index < -0.39 is 17.3 Å². The fraction of sp³-hybridized carbons (Fsp3) is 0.154. The number of aliphatic hydroxyl groups is 1. The van der Waals surface area contributed by atoms with Gasteiger partial charge in [-0.05, 0) is 24.3 Å². The number of alkyl halides is 3. The topological polar surface area (TPSA) is 42.2 Å². The molecule has 1 N–H and O–H groups in total. The number of allylic oxidation sites excluding steroid dienone is 5. The van der Waals surface area contributed by atoms with Gasteiger partial charge in [-0.25, -0.2) is 0 Å². The summed E-state index contributed by atoms with van der Waals surface area (Å²) in [5.74, 6) is 0.0753. The molecule has 1 aliphatic carbocycles. The SMILES string of the molecule is O=c1ccc(C(F)(F)F)cn1C1=CC=C(O)CC=C1. The highest BCUT2D eigenvalue weighted by Crippen LogP contribution is 2.28. The third kappa shape index (κ3) is 2.96. The fourth-order valence-electron chi connectivity index (χ4n) is 1.62. The van der Waals surface area contributed by atoms with Crippen molar-refractivity contribution in [2.24, 2.45) is 0 Å². The van der Waals surface area contributed by atoms with Crippen LogP contribution in [0.5, 0.6) is 0 Å². The van der Waals surface area contributed by atoms with E-state index in [-0.39, 0.29) is 17.9 Å². The predicted molar refractivity (Wildman–Crippen MR) is 64.4 cm³/mol. The first-order valence-corrected chi connectivity index (χ1v) is 5.44. The molecule has 6 heteroatoms. The summed E-state index contributed by atoms with van der Waals surface area (Å²) in [6, 6.07) is 1.61. The quantitative estimate of drug-likeness (QED) is 0.851. The number of pyridine rings is 1. The Labute approximate surface area is 106 Å². The molecule has 2 rings (SSSR count). The van der Waals surface area contributed by atoms with Crippen LogP contribution < -0.4 is 5.56 Å². The van der Waals surface area contributed by atoms with E-state index in [0.29, 0.717) is 0 Å². The van der Waals surface area contributed by atoms with E-state index in [1.165, 1.54) is 18.2 Å². The Balaban J connectivity index is 2.54. The van der Waals surface area contributed by atoms with E-state index in [2.05, 4.69) is 0 Å². The van der Waals surface area contributed by atoms with E-state index in [4.69, 9.17) is 0 Å². The van der Waals surface area contributed by atoms with Crippen molar-refractivity contribution in [3.05, 3.63) is 64.3 Å². The Bertz CT molecular complexity index is 636. The smallest absolute Gasteiger partial charge is 0.417 e. The Kier molecular flexibility index (Phi) is 3.33. The van der Waals surface area contributed by atoms with Crippen LogP contribution in [0, 0.1) is 0 Å². The number of halogens is 3. The first kappa shape index (κ1) is 13.2. The molecular weight excluding hydrogens is 259 g/mol. The van der Waals surface area contributed by atoms with Crippen molar-refractivity contribution >= 4 is 5.70 Å². The number of hydrogen-bond acceptors (Lipinski definition) is 2. The lowest BCUT2D eigenvalue weighted by atomic mass is 10.2. The molecule has 19 heavy (non-hydrogen) atoms. The Morgan fingerprint density at radius 3 is 2.63 bits per heavy atom. The van der Waals surface area contributed by atoms with Crippen LogP contribution in [0.3, 0.4) is 0 Å². The lowest BCUT2D eigenvalue weighted by Crippen LogP contribution is -2.20. The van der Waals surface area contributed by atoms with Gasteiger partial charge >= 0.3 is 6.18 Å². The van der Waals surface area contributed by atoms with E-state index in [1.54, 1.807) is 6.08 Å². The summed E-state index contributed by atoms with van der Waals surface area (Å²) in [6.45, 7) is 0. The first-order chi connectivity index (χ1) is 8.88. The maximum Gasteiger partial charge on any atom is 0.417 e. The molecule has 0 atom stereocenters.